The minimum atomic E-state index is -0.653. The van der Waals surface area contributed by atoms with E-state index in [0.29, 0.717) is 11.4 Å². The third-order valence-corrected chi connectivity index (χ3v) is 17.5. The number of hydrogen-bond donors (Lipinski definition) is 0. The monoisotopic (exact) mass is 1030 g/mol. The molecule has 17 rings (SSSR count). The predicted molar refractivity (Wildman–Crippen MR) is 331 cm³/mol. The van der Waals surface area contributed by atoms with Gasteiger partial charge in [0, 0.05) is 43.1 Å². The summed E-state index contributed by atoms with van der Waals surface area (Å²) in [5.41, 5.74) is 17.2. The van der Waals surface area contributed by atoms with E-state index in [9.17, 15) is 10.5 Å². The molecule has 0 amide bonds. The molecule has 0 spiro atoms. The lowest BCUT2D eigenvalue weighted by Crippen LogP contribution is -2.28. The number of benzene rings is 12. The summed E-state index contributed by atoms with van der Waals surface area (Å²) >= 11 is 0. The molecule has 0 fully saturated rings. The number of rotatable bonds is 6. The molecular weight excluding hydrogens is 985 g/mol. The van der Waals surface area contributed by atoms with Gasteiger partial charge in [-0.3, -0.25) is 0 Å². The van der Waals surface area contributed by atoms with Crippen LogP contribution in [-0.2, 0) is 5.41 Å². The van der Waals surface area contributed by atoms with E-state index in [2.05, 4.69) is 297 Å². The Balaban J connectivity index is 1.15. The largest absolute Gasteiger partial charge is 0.306 e. The second-order valence-electron chi connectivity index (χ2n) is 21.2. The molecule has 0 saturated heterocycles. The van der Waals surface area contributed by atoms with E-state index in [-0.39, 0.29) is 11.1 Å². The summed E-state index contributed by atoms with van der Waals surface area (Å²) in [4.78, 5) is 0. The number of fused-ring (bicyclic) bond motifs is 16. The zero-order chi connectivity index (χ0) is 53.5. The van der Waals surface area contributed by atoms with Crippen LogP contribution in [0.15, 0.2) is 267 Å². The topological polar surface area (TPSA) is 67.3 Å². The summed E-state index contributed by atoms with van der Waals surface area (Å²) in [7, 11) is 0. The van der Waals surface area contributed by atoms with Gasteiger partial charge in [0.1, 0.15) is 12.1 Å². The predicted octanol–water partition coefficient (Wildman–Crippen LogP) is 18.2. The van der Waals surface area contributed by atoms with Gasteiger partial charge < -0.3 is 18.3 Å². The van der Waals surface area contributed by atoms with Crippen LogP contribution in [0.3, 0.4) is 0 Å². The Morgan fingerprint density at radius 3 is 0.963 bits per heavy atom. The van der Waals surface area contributed by atoms with Crippen molar-refractivity contribution in [1.29, 1.82) is 10.5 Å². The van der Waals surface area contributed by atoms with Gasteiger partial charge >= 0.3 is 0 Å². The fourth-order valence-electron chi connectivity index (χ4n) is 14.5. The summed E-state index contributed by atoms with van der Waals surface area (Å²) < 4.78 is 9.34. The summed E-state index contributed by atoms with van der Waals surface area (Å²) in [5, 5.41) is 33.4. The van der Waals surface area contributed by atoms with Gasteiger partial charge in [-0.05, 0) is 81.9 Å². The Hall–Kier alpha value is -11.2. The minimum Gasteiger partial charge on any atom is -0.306 e. The van der Waals surface area contributed by atoms with Gasteiger partial charge in [-0.25, -0.2) is 0 Å². The number of para-hydroxylation sites is 7. The lowest BCUT2D eigenvalue weighted by atomic mass is 9.67. The van der Waals surface area contributed by atoms with E-state index in [1.807, 2.05) is 0 Å². The molecular formula is C75H44N6. The third-order valence-electron chi connectivity index (χ3n) is 17.5. The highest BCUT2D eigenvalue weighted by Gasteiger charge is 2.47. The normalized spacial score (nSPS) is 12.8. The maximum atomic E-state index is 12.5. The molecule has 4 aromatic heterocycles. The van der Waals surface area contributed by atoms with Crippen LogP contribution in [0.25, 0.3) is 121 Å². The average Bonchev–Trinajstić information content (AvgIpc) is 4.45. The molecule has 0 N–H and O–H groups in total. The van der Waals surface area contributed by atoms with Crippen molar-refractivity contribution in [1.82, 2.24) is 18.3 Å². The molecule has 0 radical (unpaired) electrons. The highest BCUT2D eigenvalue weighted by molar-refractivity contribution is 6.20. The van der Waals surface area contributed by atoms with Gasteiger partial charge in [0.05, 0.1) is 83.4 Å². The van der Waals surface area contributed by atoms with Gasteiger partial charge in [0.15, 0.2) is 0 Å². The fourth-order valence-corrected chi connectivity index (χ4v) is 14.5. The molecule has 81 heavy (non-hydrogen) atoms. The molecule has 12 aromatic carbocycles. The number of hydrogen-bond acceptors (Lipinski definition) is 2. The Morgan fingerprint density at radius 2 is 0.568 bits per heavy atom. The average molecular weight is 1030 g/mol. The van der Waals surface area contributed by atoms with Crippen molar-refractivity contribution in [2.45, 2.75) is 5.41 Å². The van der Waals surface area contributed by atoms with Crippen LogP contribution in [0.1, 0.15) is 33.4 Å². The highest BCUT2D eigenvalue weighted by Crippen LogP contribution is 2.59. The van der Waals surface area contributed by atoms with Crippen LogP contribution in [0.2, 0.25) is 0 Å². The molecule has 6 heteroatoms. The molecule has 374 valence electrons. The number of aromatic nitrogens is 4. The van der Waals surface area contributed by atoms with Gasteiger partial charge in [0.2, 0.25) is 0 Å². The molecule has 0 aliphatic heterocycles. The highest BCUT2D eigenvalue weighted by atomic mass is 15.1. The van der Waals surface area contributed by atoms with Crippen molar-refractivity contribution in [2.24, 2.45) is 0 Å². The first kappa shape index (κ1) is 44.9. The van der Waals surface area contributed by atoms with Gasteiger partial charge in [-0.2, -0.15) is 10.5 Å². The van der Waals surface area contributed by atoms with Gasteiger partial charge in [-0.15, -0.1) is 0 Å². The van der Waals surface area contributed by atoms with E-state index in [4.69, 9.17) is 0 Å². The fraction of sp³-hybridized carbons (Fsp3) is 0.0133. The van der Waals surface area contributed by atoms with Crippen LogP contribution < -0.4 is 0 Å². The molecule has 4 heterocycles. The van der Waals surface area contributed by atoms with Crippen LogP contribution in [0.5, 0.6) is 0 Å². The van der Waals surface area contributed by atoms with Gasteiger partial charge in [-0.1, -0.05) is 218 Å². The van der Waals surface area contributed by atoms with Crippen molar-refractivity contribution < 1.29 is 0 Å². The van der Waals surface area contributed by atoms with Crippen molar-refractivity contribution in [3.63, 3.8) is 0 Å². The minimum absolute atomic E-state index is 0.266. The van der Waals surface area contributed by atoms with Crippen LogP contribution in [-0.4, -0.2) is 18.3 Å². The molecule has 16 aromatic rings. The summed E-state index contributed by atoms with van der Waals surface area (Å²) in [6, 6.07) is 101. The van der Waals surface area contributed by atoms with Gasteiger partial charge in [0.25, 0.3) is 0 Å². The summed E-state index contributed by atoms with van der Waals surface area (Å²) in [6.45, 7) is 0. The third kappa shape index (κ3) is 5.82. The van der Waals surface area contributed by atoms with Crippen LogP contribution in [0.4, 0.5) is 0 Å². The molecule has 0 unspecified atom stereocenters. The molecule has 1 aliphatic rings. The van der Waals surface area contributed by atoms with Crippen molar-refractivity contribution in [3.05, 3.63) is 300 Å². The first-order chi connectivity index (χ1) is 40.2. The van der Waals surface area contributed by atoms with Crippen molar-refractivity contribution in [2.75, 3.05) is 0 Å². The molecule has 0 atom stereocenters. The second kappa shape index (κ2) is 16.9. The van der Waals surface area contributed by atoms with Crippen molar-refractivity contribution in [3.8, 4) is 46.0 Å². The maximum Gasteiger partial charge on any atom is 0.103 e. The van der Waals surface area contributed by atoms with E-state index in [1.54, 1.807) is 0 Å². The van der Waals surface area contributed by atoms with Crippen LogP contribution >= 0.6 is 0 Å². The molecule has 0 bridgehead atoms. The zero-order valence-electron chi connectivity index (χ0n) is 43.6. The Morgan fingerprint density at radius 1 is 0.259 bits per heavy atom. The number of nitrogens with zero attached hydrogens (tertiary/aromatic N) is 6. The first-order valence-corrected chi connectivity index (χ1v) is 27.5. The van der Waals surface area contributed by atoms with Crippen molar-refractivity contribution >= 4 is 87.2 Å². The lowest BCUT2D eigenvalue weighted by Gasteiger charge is -2.33. The molecule has 6 nitrogen and oxygen atoms in total. The Labute approximate surface area is 465 Å². The zero-order valence-corrected chi connectivity index (χ0v) is 43.6. The van der Waals surface area contributed by atoms with Crippen LogP contribution in [0, 0.1) is 22.7 Å². The summed E-state index contributed by atoms with van der Waals surface area (Å²) in [5.74, 6) is 0. The first-order valence-electron chi connectivity index (χ1n) is 27.5. The number of nitriles is 2. The van der Waals surface area contributed by atoms with E-state index < -0.39 is 5.41 Å². The van der Waals surface area contributed by atoms with E-state index >= 15 is 0 Å². The summed E-state index contributed by atoms with van der Waals surface area (Å²) in [6.07, 6.45) is 0. The van der Waals surface area contributed by atoms with E-state index in [1.165, 1.54) is 22.3 Å². The molecule has 1 aliphatic carbocycles. The second-order valence-corrected chi connectivity index (χ2v) is 21.2. The SMILES string of the molecule is N#Cc1c(C#N)c(-n2c3ccccc3c3c4c(ccc32)C(c2ccccc2)(c2ccccc2)c2ccccc2-4)c(-n2c3ccccc3c3ccccc32)c(-n2c3ccccc3c3ccccc32)c1-n1c2ccccc2c2ccccc21. The smallest absolute Gasteiger partial charge is 0.103 e. The van der Waals surface area contributed by atoms with E-state index in [0.717, 1.165) is 110 Å². The maximum absolute atomic E-state index is 12.5. The molecule has 0 saturated carbocycles. The quantitative estimate of drug-likeness (QED) is 0.167. The standard InChI is InChI=1S/C75H44N6/c76-45-57-58(46-77)72(81-67-42-22-14-34-56(67)70-68(81)44-43-60-69(70)55-33-7-15-35-59(55)75(60,47-23-3-1-4-24-47)48-25-5-2-6-26-48)74(80-65-40-20-12-31-53(65)54-32-13-21-41-66(54)80)73(79-63-38-18-10-29-51(63)52-30-11-19-39-64(52)79)71(57)78-61-36-16-8-27-49(61)50-28-9-17-37-62(50)78/h1-44H. The Kier molecular flexibility index (Phi) is 9.37. The lowest BCUT2D eigenvalue weighted by molar-refractivity contribution is 0.769. The Bertz CT molecular complexity index is 5240.